The van der Waals surface area contributed by atoms with E-state index in [-0.39, 0.29) is 0 Å². The van der Waals surface area contributed by atoms with Crippen molar-refractivity contribution < 1.29 is 5.11 Å². The molecule has 1 aromatic carbocycles. The molecule has 0 aromatic heterocycles. The quantitative estimate of drug-likeness (QED) is 0.806. The molecule has 0 amide bonds. The van der Waals surface area contributed by atoms with E-state index in [4.69, 9.17) is 5.11 Å². The van der Waals surface area contributed by atoms with Crippen molar-refractivity contribution in [2.45, 2.75) is 19.6 Å². The molecule has 0 aliphatic rings. The fourth-order valence-electron chi connectivity index (χ4n) is 1.23. The van der Waals surface area contributed by atoms with Gasteiger partial charge >= 0.3 is 0 Å². The lowest BCUT2D eigenvalue weighted by molar-refractivity contribution is 0.250. The van der Waals surface area contributed by atoms with Crippen LogP contribution in [-0.2, 0) is 5.75 Å². The molecule has 0 saturated heterocycles. The van der Waals surface area contributed by atoms with E-state index >= 15 is 0 Å². The maximum absolute atomic E-state index is 8.86. The van der Waals surface area contributed by atoms with Crippen LogP contribution in [0.3, 0.4) is 0 Å². The fourth-order valence-corrected chi connectivity index (χ4v) is 2.27. The topological polar surface area (TPSA) is 20.2 Å². The maximum atomic E-state index is 8.86. The Kier molecular flexibility index (Phi) is 5.05. The van der Waals surface area contributed by atoms with Gasteiger partial charge in [0.1, 0.15) is 0 Å². The first-order valence-corrected chi connectivity index (χ1v) is 6.12. The highest BCUT2D eigenvalue weighted by Gasteiger charge is 2.00. The predicted molar refractivity (Wildman–Crippen MR) is 63.6 cm³/mol. The normalized spacial score (nSPS) is 12.8. The van der Waals surface area contributed by atoms with Gasteiger partial charge in [0.25, 0.3) is 0 Å². The van der Waals surface area contributed by atoms with E-state index in [1.54, 1.807) is 0 Å². The molecule has 1 unspecified atom stereocenters. The number of rotatable bonds is 5. The molecule has 0 bridgehead atoms. The van der Waals surface area contributed by atoms with Gasteiger partial charge < -0.3 is 5.11 Å². The first kappa shape index (κ1) is 11.6. The molecule has 78 valence electrons. The zero-order valence-electron chi connectivity index (χ0n) is 8.86. The zero-order valence-corrected chi connectivity index (χ0v) is 9.68. The van der Waals surface area contributed by atoms with Crippen LogP contribution in [0.25, 0.3) is 0 Å². The number of hydrogen-bond donors (Lipinski definition) is 1. The summed E-state index contributed by atoms with van der Waals surface area (Å²) in [6, 6.07) is 8.59. The molecule has 0 heterocycles. The number of hydrogen-bond acceptors (Lipinski definition) is 2. The minimum absolute atomic E-state index is 0.292. The largest absolute Gasteiger partial charge is 0.396 e. The third-order valence-corrected chi connectivity index (χ3v) is 3.41. The Labute approximate surface area is 90.5 Å². The van der Waals surface area contributed by atoms with Crippen LogP contribution >= 0.6 is 11.8 Å². The molecule has 2 heteroatoms. The Bertz CT molecular complexity index is 273. The van der Waals surface area contributed by atoms with Crippen molar-refractivity contribution in [3.63, 3.8) is 0 Å². The van der Waals surface area contributed by atoms with Gasteiger partial charge in [0, 0.05) is 12.4 Å². The van der Waals surface area contributed by atoms with Crippen molar-refractivity contribution in [1.29, 1.82) is 0 Å². The van der Waals surface area contributed by atoms with Crippen molar-refractivity contribution in [3.05, 3.63) is 35.4 Å². The third-order valence-electron chi connectivity index (χ3n) is 2.07. The van der Waals surface area contributed by atoms with E-state index in [1.165, 1.54) is 11.1 Å². The number of benzene rings is 1. The van der Waals surface area contributed by atoms with Crippen LogP contribution in [0.1, 0.15) is 18.1 Å². The molecule has 0 radical (unpaired) electrons. The number of aliphatic hydroxyl groups excluding tert-OH is 1. The molecule has 0 fully saturated rings. The van der Waals surface area contributed by atoms with Gasteiger partial charge in [-0.1, -0.05) is 36.8 Å². The standard InChI is InChI=1S/C12H18OS/c1-10-4-3-5-12(6-10)9-14-8-11(2)7-13/h3-6,11,13H,7-9H2,1-2H3. The Morgan fingerprint density at radius 2 is 2.21 bits per heavy atom. The molecule has 1 N–H and O–H groups in total. The summed E-state index contributed by atoms with van der Waals surface area (Å²) in [5, 5.41) is 8.86. The Hall–Kier alpha value is -0.470. The van der Waals surface area contributed by atoms with Crippen LogP contribution in [0.4, 0.5) is 0 Å². The second kappa shape index (κ2) is 6.10. The summed E-state index contributed by atoms with van der Waals surface area (Å²) in [5.41, 5.74) is 2.69. The number of aryl methyl sites for hydroxylation is 1. The average Bonchev–Trinajstić information content (AvgIpc) is 2.17. The van der Waals surface area contributed by atoms with Crippen molar-refractivity contribution in [1.82, 2.24) is 0 Å². The van der Waals surface area contributed by atoms with Gasteiger partial charge in [-0.05, 0) is 24.2 Å². The summed E-state index contributed by atoms with van der Waals surface area (Å²) in [5.74, 6) is 2.49. The SMILES string of the molecule is Cc1cccc(CSCC(C)CO)c1. The molecule has 1 rings (SSSR count). The minimum Gasteiger partial charge on any atom is -0.396 e. The van der Waals surface area contributed by atoms with Gasteiger partial charge in [0.05, 0.1) is 0 Å². The van der Waals surface area contributed by atoms with Crippen LogP contribution in [0.15, 0.2) is 24.3 Å². The van der Waals surface area contributed by atoms with Gasteiger partial charge in [0.15, 0.2) is 0 Å². The lowest BCUT2D eigenvalue weighted by atomic mass is 10.2. The molecule has 14 heavy (non-hydrogen) atoms. The van der Waals surface area contributed by atoms with Gasteiger partial charge in [-0.3, -0.25) is 0 Å². The monoisotopic (exact) mass is 210 g/mol. The predicted octanol–water partition coefficient (Wildman–Crippen LogP) is 2.86. The van der Waals surface area contributed by atoms with Crippen molar-refractivity contribution in [2.75, 3.05) is 12.4 Å². The van der Waals surface area contributed by atoms with Crippen molar-refractivity contribution in [3.8, 4) is 0 Å². The van der Waals surface area contributed by atoms with Gasteiger partial charge in [-0.15, -0.1) is 0 Å². The molecule has 0 aliphatic carbocycles. The molecule has 1 atom stereocenters. The van der Waals surface area contributed by atoms with E-state index in [0.717, 1.165) is 11.5 Å². The summed E-state index contributed by atoms with van der Waals surface area (Å²) in [4.78, 5) is 0. The van der Waals surface area contributed by atoms with Crippen LogP contribution < -0.4 is 0 Å². The number of aliphatic hydroxyl groups is 1. The van der Waals surface area contributed by atoms with Gasteiger partial charge in [-0.2, -0.15) is 11.8 Å². The second-order valence-electron chi connectivity index (χ2n) is 3.79. The molecule has 0 spiro atoms. The van der Waals surface area contributed by atoms with Gasteiger partial charge in [0.2, 0.25) is 0 Å². The zero-order chi connectivity index (χ0) is 10.4. The lowest BCUT2D eigenvalue weighted by Gasteiger charge is -2.07. The lowest BCUT2D eigenvalue weighted by Crippen LogP contribution is -2.03. The molecule has 1 aromatic rings. The first-order valence-electron chi connectivity index (χ1n) is 4.96. The highest BCUT2D eigenvalue weighted by molar-refractivity contribution is 7.98. The molecule has 1 nitrogen and oxygen atoms in total. The second-order valence-corrected chi connectivity index (χ2v) is 4.82. The minimum atomic E-state index is 0.292. The third kappa shape index (κ3) is 4.16. The Morgan fingerprint density at radius 3 is 2.86 bits per heavy atom. The molecular formula is C12H18OS. The van der Waals surface area contributed by atoms with E-state index in [2.05, 4.69) is 38.1 Å². The summed E-state index contributed by atoms with van der Waals surface area (Å²) in [6.07, 6.45) is 0. The van der Waals surface area contributed by atoms with Crippen molar-refractivity contribution >= 4 is 11.8 Å². The molecule has 0 aliphatic heterocycles. The molecule has 0 saturated carbocycles. The highest BCUT2D eigenvalue weighted by atomic mass is 32.2. The van der Waals surface area contributed by atoms with Crippen LogP contribution in [0.2, 0.25) is 0 Å². The van der Waals surface area contributed by atoms with Crippen LogP contribution in [-0.4, -0.2) is 17.5 Å². The summed E-state index contributed by atoms with van der Waals surface area (Å²) < 4.78 is 0. The first-order chi connectivity index (χ1) is 6.72. The Balaban J connectivity index is 2.31. The van der Waals surface area contributed by atoms with E-state index in [0.29, 0.717) is 12.5 Å². The summed E-state index contributed by atoms with van der Waals surface area (Å²) in [7, 11) is 0. The van der Waals surface area contributed by atoms with Crippen LogP contribution in [0.5, 0.6) is 0 Å². The number of thioether (sulfide) groups is 1. The Morgan fingerprint density at radius 1 is 1.43 bits per heavy atom. The summed E-state index contributed by atoms with van der Waals surface area (Å²) >= 11 is 1.89. The average molecular weight is 210 g/mol. The van der Waals surface area contributed by atoms with E-state index < -0.39 is 0 Å². The van der Waals surface area contributed by atoms with E-state index in [9.17, 15) is 0 Å². The molecular weight excluding hydrogens is 192 g/mol. The highest BCUT2D eigenvalue weighted by Crippen LogP contribution is 2.16. The fraction of sp³-hybridized carbons (Fsp3) is 0.500. The maximum Gasteiger partial charge on any atom is 0.0464 e. The van der Waals surface area contributed by atoms with Crippen molar-refractivity contribution in [2.24, 2.45) is 5.92 Å². The van der Waals surface area contributed by atoms with Crippen LogP contribution in [0, 0.1) is 12.8 Å². The smallest absolute Gasteiger partial charge is 0.0464 e. The van der Waals surface area contributed by atoms with Gasteiger partial charge in [-0.25, -0.2) is 0 Å². The summed E-state index contributed by atoms with van der Waals surface area (Å²) in [6.45, 7) is 4.48. The van der Waals surface area contributed by atoms with E-state index in [1.807, 2.05) is 11.8 Å².